The SMILES string of the molecule is CC(CO)CCCNc1ncnc2ccc([N+](=O)[O-])cc12. The van der Waals surface area contributed by atoms with E-state index in [0.717, 1.165) is 12.8 Å². The third kappa shape index (κ3) is 3.85. The number of aliphatic hydroxyl groups excluding tert-OH is 1. The Balaban J connectivity index is 2.11. The Bertz CT molecular complexity index is 633. The minimum Gasteiger partial charge on any atom is -0.396 e. The molecule has 2 rings (SSSR count). The van der Waals surface area contributed by atoms with Crippen LogP contribution >= 0.6 is 0 Å². The number of fused-ring (bicyclic) bond motifs is 1. The fraction of sp³-hybridized carbons (Fsp3) is 0.429. The Labute approximate surface area is 122 Å². The van der Waals surface area contributed by atoms with Gasteiger partial charge in [-0.25, -0.2) is 9.97 Å². The standard InChI is InChI=1S/C14H18N4O3/c1-10(8-19)3-2-6-15-14-12-7-11(18(20)21)4-5-13(12)16-9-17-14/h4-5,7,9-10,19H,2-3,6,8H2,1H3,(H,15,16,17). The van der Waals surface area contributed by atoms with Crippen LogP contribution in [0, 0.1) is 16.0 Å². The van der Waals surface area contributed by atoms with Gasteiger partial charge in [0.15, 0.2) is 0 Å². The average Bonchev–Trinajstić information content (AvgIpc) is 2.50. The van der Waals surface area contributed by atoms with E-state index in [9.17, 15) is 10.1 Å². The number of non-ortho nitro benzene ring substituents is 1. The minimum atomic E-state index is -0.431. The third-order valence-corrected chi connectivity index (χ3v) is 3.31. The first-order valence-electron chi connectivity index (χ1n) is 6.85. The summed E-state index contributed by atoms with van der Waals surface area (Å²) in [4.78, 5) is 18.7. The summed E-state index contributed by atoms with van der Waals surface area (Å²) in [6, 6.07) is 4.53. The van der Waals surface area contributed by atoms with E-state index in [1.54, 1.807) is 6.07 Å². The molecule has 7 nitrogen and oxygen atoms in total. The second-order valence-electron chi connectivity index (χ2n) is 5.04. The van der Waals surface area contributed by atoms with Gasteiger partial charge in [-0.15, -0.1) is 0 Å². The Hall–Kier alpha value is -2.28. The largest absolute Gasteiger partial charge is 0.396 e. The van der Waals surface area contributed by atoms with Gasteiger partial charge < -0.3 is 10.4 Å². The third-order valence-electron chi connectivity index (χ3n) is 3.31. The van der Waals surface area contributed by atoms with Crippen molar-refractivity contribution < 1.29 is 10.0 Å². The summed E-state index contributed by atoms with van der Waals surface area (Å²) in [6.45, 7) is 2.87. The van der Waals surface area contributed by atoms with E-state index in [4.69, 9.17) is 5.11 Å². The minimum absolute atomic E-state index is 0.0225. The molecule has 0 aliphatic heterocycles. The highest BCUT2D eigenvalue weighted by molar-refractivity contribution is 5.90. The van der Waals surface area contributed by atoms with Gasteiger partial charge >= 0.3 is 0 Å². The van der Waals surface area contributed by atoms with Crippen molar-refractivity contribution in [2.24, 2.45) is 5.92 Å². The zero-order valence-corrected chi connectivity index (χ0v) is 11.8. The number of aromatic nitrogens is 2. The molecular weight excluding hydrogens is 272 g/mol. The highest BCUT2D eigenvalue weighted by atomic mass is 16.6. The van der Waals surface area contributed by atoms with Crippen LogP contribution in [0.5, 0.6) is 0 Å². The van der Waals surface area contributed by atoms with Crippen molar-refractivity contribution in [3.05, 3.63) is 34.6 Å². The second-order valence-corrected chi connectivity index (χ2v) is 5.04. The highest BCUT2D eigenvalue weighted by Crippen LogP contribution is 2.24. The summed E-state index contributed by atoms with van der Waals surface area (Å²) in [6.07, 6.45) is 3.24. The van der Waals surface area contributed by atoms with Crippen LogP contribution in [0.2, 0.25) is 0 Å². The first-order valence-corrected chi connectivity index (χ1v) is 6.85. The molecule has 0 saturated heterocycles. The molecule has 2 aromatic rings. The van der Waals surface area contributed by atoms with Gasteiger partial charge in [0, 0.05) is 30.7 Å². The summed E-state index contributed by atoms with van der Waals surface area (Å²) < 4.78 is 0. The quantitative estimate of drug-likeness (QED) is 0.461. The van der Waals surface area contributed by atoms with E-state index >= 15 is 0 Å². The number of aliphatic hydroxyl groups is 1. The van der Waals surface area contributed by atoms with Crippen molar-refractivity contribution in [2.45, 2.75) is 19.8 Å². The number of nitro groups is 1. The van der Waals surface area contributed by atoms with Crippen molar-refractivity contribution in [2.75, 3.05) is 18.5 Å². The van der Waals surface area contributed by atoms with Crippen molar-refractivity contribution in [1.82, 2.24) is 9.97 Å². The van der Waals surface area contributed by atoms with Crippen LogP contribution in [0.25, 0.3) is 10.9 Å². The lowest BCUT2D eigenvalue weighted by Crippen LogP contribution is -2.08. The smallest absolute Gasteiger partial charge is 0.270 e. The van der Waals surface area contributed by atoms with Crippen LogP contribution in [-0.2, 0) is 0 Å². The van der Waals surface area contributed by atoms with Crippen molar-refractivity contribution in [1.29, 1.82) is 0 Å². The molecule has 21 heavy (non-hydrogen) atoms. The lowest BCUT2D eigenvalue weighted by Gasteiger charge is -2.10. The number of nitrogens with zero attached hydrogens (tertiary/aromatic N) is 3. The zero-order valence-electron chi connectivity index (χ0n) is 11.8. The molecule has 0 radical (unpaired) electrons. The predicted molar refractivity (Wildman–Crippen MR) is 80.2 cm³/mol. The summed E-state index contributed by atoms with van der Waals surface area (Å²) in [5.74, 6) is 0.871. The van der Waals surface area contributed by atoms with Gasteiger partial charge in [-0.1, -0.05) is 6.92 Å². The van der Waals surface area contributed by atoms with Crippen LogP contribution in [0.1, 0.15) is 19.8 Å². The van der Waals surface area contributed by atoms with Crippen LogP contribution < -0.4 is 5.32 Å². The molecule has 0 bridgehead atoms. The van der Waals surface area contributed by atoms with E-state index < -0.39 is 4.92 Å². The molecule has 1 unspecified atom stereocenters. The number of nitro benzene ring substituents is 1. The molecule has 7 heteroatoms. The average molecular weight is 290 g/mol. The summed E-state index contributed by atoms with van der Waals surface area (Å²) in [5, 5.41) is 23.6. The number of anilines is 1. The molecule has 112 valence electrons. The maximum absolute atomic E-state index is 10.8. The summed E-state index contributed by atoms with van der Waals surface area (Å²) in [5.41, 5.74) is 0.691. The fourth-order valence-corrected chi connectivity index (χ4v) is 2.05. The van der Waals surface area contributed by atoms with Gasteiger partial charge in [0.2, 0.25) is 0 Å². The van der Waals surface area contributed by atoms with Gasteiger partial charge in [0.1, 0.15) is 12.1 Å². The molecule has 1 atom stereocenters. The number of nitrogens with one attached hydrogen (secondary N) is 1. The molecular formula is C14H18N4O3. The monoisotopic (exact) mass is 290 g/mol. The lowest BCUT2D eigenvalue weighted by atomic mass is 10.1. The topological polar surface area (TPSA) is 101 Å². The van der Waals surface area contributed by atoms with Crippen molar-refractivity contribution >= 4 is 22.4 Å². The maximum atomic E-state index is 10.8. The number of benzene rings is 1. The van der Waals surface area contributed by atoms with Gasteiger partial charge in [0.05, 0.1) is 10.4 Å². The van der Waals surface area contributed by atoms with Gasteiger partial charge in [-0.2, -0.15) is 0 Å². The molecule has 0 amide bonds. The van der Waals surface area contributed by atoms with Crippen LogP contribution in [-0.4, -0.2) is 33.1 Å². The van der Waals surface area contributed by atoms with Gasteiger partial charge in [-0.3, -0.25) is 10.1 Å². The second kappa shape index (κ2) is 6.94. The molecule has 0 aliphatic carbocycles. The number of hydrogen-bond donors (Lipinski definition) is 2. The lowest BCUT2D eigenvalue weighted by molar-refractivity contribution is -0.384. The zero-order chi connectivity index (χ0) is 15.2. The van der Waals surface area contributed by atoms with Crippen LogP contribution in [0.15, 0.2) is 24.5 Å². The van der Waals surface area contributed by atoms with Crippen molar-refractivity contribution in [3.63, 3.8) is 0 Å². The summed E-state index contributed by atoms with van der Waals surface area (Å²) >= 11 is 0. The van der Waals surface area contributed by atoms with Gasteiger partial charge in [0.25, 0.3) is 5.69 Å². The first-order chi connectivity index (χ1) is 10.1. The molecule has 0 aliphatic rings. The molecule has 1 aromatic carbocycles. The number of rotatable bonds is 7. The Morgan fingerprint density at radius 3 is 2.95 bits per heavy atom. The molecule has 1 aromatic heterocycles. The van der Waals surface area contributed by atoms with E-state index in [1.807, 2.05) is 6.92 Å². The Morgan fingerprint density at radius 1 is 1.43 bits per heavy atom. The molecule has 2 N–H and O–H groups in total. The highest BCUT2D eigenvalue weighted by Gasteiger charge is 2.10. The Kier molecular flexibility index (Phi) is 4.99. The molecule has 1 heterocycles. The van der Waals surface area contributed by atoms with E-state index in [2.05, 4.69) is 15.3 Å². The van der Waals surface area contributed by atoms with E-state index in [-0.39, 0.29) is 18.2 Å². The first kappa shape index (κ1) is 15.1. The molecule has 0 saturated carbocycles. The maximum Gasteiger partial charge on any atom is 0.270 e. The summed E-state index contributed by atoms with van der Waals surface area (Å²) in [7, 11) is 0. The predicted octanol–water partition coefficient (Wildman–Crippen LogP) is 2.36. The molecule has 0 spiro atoms. The van der Waals surface area contributed by atoms with Crippen LogP contribution in [0.3, 0.4) is 0 Å². The van der Waals surface area contributed by atoms with E-state index in [1.165, 1.54) is 18.5 Å². The van der Waals surface area contributed by atoms with E-state index in [0.29, 0.717) is 23.3 Å². The van der Waals surface area contributed by atoms with Crippen LogP contribution in [0.4, 0.5) is 11.5 Å². The van der Waals surface area contributed by atoms with Gasteiger partial charge in [-0.05, 0) is 24.8 Å². The number of hydrogen-bond acceptors (Lipinski definition) is 6. The van der Waals surface area contributed by atoms with Crippen molar-refractivity contribution in [3.8, 4) is 0 Å². The fourth-order valence-electron chi connectivity index (χ4n) is 2.05. The normalized spacial score (nSPS) is 12.3. The Morgan fingerprint density at radius 2 is 2.24 bits per heavy atom. The molecule has 0 fully saturated rings.